The standard InChI is InChI=1S/C11H12N6O/c12-10(16-18)11-13-6-17(15-11)9-5-4-7-2-1-3-8(7)14-9/h4-6,18H,1-3H2,(H2,12,16). The van der Waals surface area contributed by atoms with Gasteiger partial charge >= 0.3 is 0 Å². The molecule has 0 fully saturated rings. The highest BCUT2D eigenvalue weighted by Crippen LogP contribution is 2.20. The van der Waals surface area contributed by atoms with Crippen molar-refractivity contribution in [2.75, 3.05) is 0 Å². The molecule has 92 valence electrons. The molecule has 0 bridgehead atoms. The quantitative estimate of drug-likeness (QED) is 0.341. The average molecular weight is 244 g/mol. The van der Waals surface area contributed by atoms with Gasteiger partial charge in [-0.05, 0) is 30.9 Å². The van der Waals surface area contributed by atoms with E-state index >= 15 is 0 Å². The van der Waals surface area contributed by atoms with Gasteiger partial charge in [0.15, 0.2) is 5.82 Å². The van der Waals surface area contributed by atoms with Crippen molar-refractivity contribution in [2.24, 2.45) is 10.9 Å². The Morgan fingerprint density at radius 3 is 3.11 bits per heavy atom. The molecule has 0 amide bonds. The number of pyridine rings is 1. The number of fused-ring (bicyclic) bond motifs is 1. The molecule has 0 saturated carbocycles. The van der Waals surface area contributed by atoms with E-state index in [2.05, 4.69) is 26.3 Å². The minimum Gasteiger partial charge on any atom is -0.409 e. The summed E-state index contributed by atoms with van der Waals surface area (Å²) in [7, 11) is 0. The van der Waals surface area contributed by atoms with Crippen LogP contribution in [0.25, 0.3) is 5.82 Å². The summed E-state index contributed by atoms with van der Waals surface area (Å²) in [5.41, 5.74) is 7.84. The van der Waals surface area contributed by atoms with Gasteiger partial charge in [-0.3, -0.25) is 0 Å². The third-order valence-electron chi connectivity index (χ3n) is 2.98. The highest BCUT2D eigenvalue weighted by molar-refractivity contribution is 5.93. The molecule has 0 saturated heterocycles. The summed E-state index contributed by atoms with van der Waals surface area (Å²) in [5.74, 6) is 0.759. The molecule has 2 aromatic heterocycles. The highest BCUT2D eigenvalue weighted by Gasteiger charge is 2.14. The fourth-order valence-corrected chi connectivity index (χ4v) is 2.07. The summed E-state index contributed by atoms with van der Waals surface area (Å²) in [5, 5.41) is 15.5. The second kappa shape index (κ2) is 4.10. The van der Waals surface area contributed by atoms with Gasteiger partial charge in [-0.2, -0.15) is 0 Å². The molecule has 0 aromatic carbocycles. The maximum atomic E-state index is 8.55. The minimum atomic E-state index is -0.116. The van der Waals surface area contributed by atoms with E-state index in [9.17, 15) is 0 Å². The van der Waals surface area contributed by atoms with Gasteiger partial charge in [0.25, 0.3) is 0 Å². The Hall–Kier alpha value is -2.44. The van der Waals surface area contributed by atoms with Gasteiger partial charge in [-0.1, -0.05) is 11.2 Å². The number of aromatic nitrogens is 4. The molecule has 1 aliphatic carbocycles. The van der Waals surface area contributed by atoms with Crippen molar-refractivity contribution in [1.29, 1.82) is 0 Å². The van der Waals surface area contributed by atoms with Crippen LogP contribution in [0.1, 0.15) is 23.5 Å². The molecule has 18 heavy (non-hydrogen) atoms. The first-order chi connectivity index (χ1) is 8.78. The maximum absolute atomic E-state index is 8.55. The van der Waals surface area contributed by atoms with Crippen LogP contribution in [0.2, 0.25) is 0 Å². The van der Waals surface area contributed by atoms with E-state index < -0.39 is 0 Å². The van der Waals surface area contributed by atoms with Crippen molar-refractivity contribution in [3.05, 3.63) is 35.5 Å². The first-order valence-electron chi connectivity index (χ1n) is 5.66. The van der Waals surface area contributed by atoms with Gasteiger partial charge in [-0.15, -0.1) is 5.10 Å². The molecule has 3 N–H and O–H groups in total. The summed E-state index contributed by atoms with van der Waals surface area (Å²) in [4.78, 5) is 8.49. The number of aryl methyl sites for hydroxylation is 2. The summed E-state index contributed by atoms with van der Waals surface area (Å²) in [6.07, 6.45) is 4.75. The van der Waals surface area contributed by atoms with Gasteiger partial charge in [0.2, 0.25) is 11.7 Å². The third kappa shape index (κ3) is 1.69. The minimum absolute atomic E-state index is 0.116. The predicted molar refractivity (Wildman–Crippen MR) is 63.7 cm³/mol. The normalized spacial score (nSPS) is 14.8. The molecule has 7 nitrogen and oxygen atoms in total. The smallest absolute Gasteiger partial charge is 0.220 e. The number of hydrogen-bond donors (Lipinski definition) is 2. The lowest BCUT2D eigenvalue weighted by atomic mass is 10.2. The number of rotatable bonds is 2. The fraction of sp³-hybridized carbons (Fsp3) is 0.273. The SMILES string of the molecule is N/C(=N/O)c1ncn(-c2ccc3c(n2)CCC3)n1. The Bertz CT molecular complexity index is 618. The van der Waals surface area contributed by atoms with Crippen molar-refractivity contribution in [1.82, 2.24) is 19.7 Å². The predicted octanol–water partition coefficient (Wildman–Crippen LogP) is 0.245. The summed E-state index contributed by atoms with van der Waals surface area (Å²) < 4.78 is 1.52. The number of hydrogen-bond acceptors (Lipinski definition) is 5. The van der Waals surface area contributed by atoms with Crippen molar-refractivity contribution < 1.29 is 5.21 Å². The molecule has 0 radical (unpaired) electrons. The van der Waals surface area contributed by atoms with E-state index in [1.54, 1.807) is 0 Å². The van der Waals surface area contributed by atoms with E-state index in [0.717, 1.165) is 25.0 Å². The lowest BCUT2D eigenvalue weighted by molar-refractivity contribution is 0.318. The van der Waals surface area contributed by atoms with Crippen molar-refractivity contribution in [2.45, 2.75) is 19.3 Å². The number of nitrogens with two attached hydrogens (primary N) is 1. The topological polar surface area (TPSA) is 102 Å². The first-order valence-corrected chi connectivity index (χ1v) is 5.66. The Morgan fingerprint density at radius 2 is 2.28 bits per heavy atom. The molecule has 0 spiro atoms. The third-order valence-corrected chi connectivity index (χ3v) is 2.98. The largest absolute Gasteiger partial charge is 0.409 e. The lowest BCUT2D eigenvalue weighted by Gasteiger charge is -2.02. The van der Waals surface area contributed by atoms with Crippen molar-refractivity contribution in [3.63, 3.8) is 0 Å². The van der Waals surface area contributed by atoms with E-state index in [1.807, 2.05) is 6.07 Å². The van der Waals surface area contributed by atoms with Gasteiger partial charge in [0, 0.05) is 5.69 Å². The van der Waals surface area contributed by atoms with Crippen LogP contribution in [0.15, 0.2) is 23.6 Å². The Balaban J connectivity index is 1.97. The number of oxime groups is 1. The molecule has 7 heteroatoms. The first kappa shape index (κ1) is 10.7. The monoisotopic (exact) mass is 244 g/mol. The van der Waals surface area contributed by atoms with Crippen LogP contribution in [-0.2, 0) is 12.8 Å². The van der Waals surface area contributed by atoms with Crippen LogP contribution in [-0.4, -0.2) is 30.8 Å². The Morgan fingerprint density at radius 1 is 1.39 bits per heavy atom. The van der Waals surface area contributed by atoms with Gasteiger partial charge in [0.1, 0.15) is 6.33 Å². The maximum Gasteiger partial charge on any atom is 0.220 e. The lowest BCUT2D eigenvalue weighted by Crippen LogP contribution is -2.15. The number of amidine groups is 1. The Kier molecular flexibility index (Phi) is 2.44. The average Bonchev–Trinajstić information content (AvgIpc) is 3.05. The summed E-state index contributed by atoms with van der Waals surface area (Å²) in [6.45, 7) is 0. The van der Waals surface area contributed by atoms with E-state index in [0.29, 0.717) is 5.82 Å². The zero-order valence-electron chi connectivity index (χ0n) is 9.61. The molecule has 2 aromatic rings. The van der Waals surface area contributed by atoms with Gasteiger partial charge in [0.05, 0.1) is 0 Å². The van der Waals surface area contributed by atoms with Crippen molar-refractivity contribution in [3.8, 4) is 5.82 Å². The molecule has 3 rings (SSSR count). The van der Waals surface area contributed by atoms with E-state index in [1.165, 1.54) is 16.6 Å². The summed E-state index contributed by atoms with van der Waals surface area (Å²) >= 11 is 0. The van der Waals surface area contributed by atoms with Crippen LogP contribution in [0.5, 0.6) is 0 Å². The second-order valence-electron chi connectivity index (χ2n) is 4.13. The zero-order chi connectivity index (χ0) is 12.5. The Labute approximate surface area is 103 Å². The fourth-order valence-electron chi connectivity index (χ4n) is 2.07. The molecular formula is C11H12N6O. The van der Waals surface area contributed by atoms with Crippen LogP contribution in [0.4, 0.5) is 0 Å². The van der Waals surface area contributed by atoms with Gasteiger partial charge in [-0.25, -0.2) is 14.6 Å². The van der Waals surface area contributed by atoms with Crippen LogP contribution < -0.4 is 5.73 Å². The van der Waals surface area contributed by atoms with Gasteiger partial charge < -0.3 is 10.9 Å². The zero-order valence-corrected chi connectivity index (χ0v) is 9.61. The summed E-state index contributed by atoms with van der Waals surface area (Å²) in [6, 6.07) is 3.96. The molecule has 0 unspecified atom stereocenters. The molecule has 1 aliphatic rings. The van der Waals surface area contributed by atoms with Crippen LogP contribution >= 0.6 is 0 Å². The van der Waals surface area contributed by atoms with E-state index in [-0.39, 0.29) is 11.7 Å². The van der Waals surface area contributed by atoms with Crippen LogP contribution in [0.3, 0.4) is 0 Å². The van der Waals surface area contributed by atoms with Crippen LogP contribution in [0, 0.1) is 0 Å². The molecule has 2 heterocycles. The second-order valence-corrected chi connectivity index (χ2v) is 4.13. The molecular weight excluding hydrogens is 232 g/mol. The molecule has 0 atom stereocenters. The van der Waals surface area contributed by atoms with E-state index in [4.69, 9.17) is 10.9 Å². The highest BCUT2D eigenvalue weighted by atomic mass is 16.4. The molecule has 0 aliphatic heterocycles. The van der Waals surface area contributed by atoms with Crippen molar-refractivity contribution >= 4 is 5.84 Å². The number of nitrogens with zero attached hydrogens (tertiary/aromatic N) is 5.